The Morgan fingerprint density at radius 1 is 1.40 bits per heavy atom. The topological polar surface area (TPSA) is 86.7 Å². The third-order valence-corrected chi connectivity index (χ3v) is 4.71. The van der Waals surface area contributed by atoms with Crippen molar-refractivity contribution in [2.45, 2.75) is 0 Å². The van der Waals surface area contributed by atoms with Crippen molar-refractivity contribution in [2.75, 3.05) is 0 Å². The maximum atomic E-state index is 11.2. The first-order chi connectivity index (χ1) is 9.70. The van der Waals surface area contributed by atoms with Crippen LogP contribution in [0.2, 0.25) is 0 Å². The van der Waals surface area contributed by atoms with E-state index in [1.165, 1.54) is 18.6 Å². The molecule has 3 aromatic rings. The van der Waals surface area contributed by atoms with E-state index in [9.17, 15) is 10.1 Å². The molecule has 1 aromatic carbocycles. The van der Waals surface area contributed by atoms with Crippen LogP contribution in [0, 0.1) is 10.1 Å². The Labute approximate surface area is 127 Å². The monoisotopic (exact) mass is 399 g/mol. The largest absolute Gasteiger partial charge is 0.281 e. The van der Waals surface area contributed by atoms with Gasteiger partial charge in [-0.3, -0.25) is 10.1 Å². The molecule has 7 nitrogen and oxygen atoms in total. The van der Waals surface area contributed by atoms with Crippen LogP contribution in [0.5, 0.6) is 0 Å². The molecule has 3 rings (SSSR count). The van der Waals surface area contributed by atoms with Crippen LogP contribution in [0.3, 0.4) is 0 Å². The molecule has 100 valence electrons. The van der Waals surface area contributed by atoms with Crippen LogP contribution in [-0.2, 0) is 0 Å². The van der Waals surface area contributed by atoms with Crippen molar-refractivity contribution in [3.8, 4) is 11.3 Å². The van der Waals surface area contributed by atoms with Gasteiger partial charge >= 0.3 is 0 Å². The zero-order valence-electron chi connectivity index (χ0n) is 9.89. The number of hydrogen-bond acceptors (Lipinski definition) is 5. The molecule has 0 spiro atoms. The quantitative estimate of drug-likeness (QED) is 0.292. The normalized spacial score (nSPS) is 11.4. The first kappa shape index (κ1) is 13.3. The summed E-state index contributed by atoms with van der Waals surface area (Å²) in [6.45, 7) is 0. The highest BCUT2D eigenvalue weighted by atomic mass is 127. The van der Waals surface area contributed by atoms with Crippen LogP contribution in [0.15, 0.2) is 36.9 Å². The standard InChI is InChI=1S/C11H7IN5O2P/c12-20-16-10-3-7(9-1-2-13-6-14-9)4-11(17(18)19)8(10)5-15-16/h1-6,20H. The number of rotatable bonds is 3. The fraction of sp³-hybridized carbons (Fsp3) is 0. The third-order valence-electron chi connectivity index (χ3n) is 2.82. The van der Waals surface area contributed by atoms with E-state index in [-0.39, 0.29) is 5.69 Å². The summed E-state index contributed by atoms with van der Waals surface area (Å²) in [5.74, 6) is 0. The molecule has 0 aliphatic rings. The summed E-state index contributed by atoms with van der Waals surface area (Å²) in [6.07, 6.45) is 4.93. The molecular weight excluding hydrogens is 392 g/mol. The summed E-state index contributed by atoms with van der Waals surface area (Å²) in [6, 6.07) is 5.11. The Hall–Kier alpha value is -1.67. The van der Waals surface area contributed by atoms with Gasteiger partial charge in [-0.25, -0.2) is 14.4 Å². The minimum Gasteiger partial charge on any atom is -0.258 e. The molecule has 0 radical (unpaired) electrons. The zero-order valence-corrected chi connectivity index (χ0v) is 13.1. The number of nitro benzene ring substituents is 1. The van der Waals surface area contributed by atoms with Gasteiger partial charge in [0.25, 0.3) is 5.69 Å². The number of nitrogens with zero attached hydrogens (tertiary/aromatic N) is 5. The van der Waals surface area contributed by atoms with Crippen LogP contribution in [0.4, 0.5) is 5.69 Å². The number of benzene rings is 1. The highest BCUT2D eigenvalue weighted by Gasteiger charge is 2.18. The Morgan fingerprint density at radius 2 is 2.25 bits per heavy atom. The van der Waals surface area contributed by atoms with Gasteiger partial charge in [-0.2, -0.15) is 5.10 Å². The minimum absolute atomic E-state index is 0.0389. The molecule has 0 N–H and O–H groups in total. The number of fused-ring (bicyclic) bond motifs is 1. The highest BCUT2D eigenvalue weighted by molar-refractivity contribution is 14.2. The van der Waals surface area contributed by atoms with Crippen molar-refractivity contribution < 1.29 is 4.92 Å². The lowest BCUT2D eigenvalue weighted by Crippen LogP contribution is -1.92. The van der Waals surface area contributed by atoms with Crippen molar-refractivity contribution in [2.24, 2.45) is 0 Å². The molecule has 2 heterocycles. The third kappa shape index (κ3) is 2.25. The van der Waals surface area contributed by atoms with E-state index in [1.807, 2.05) is 6.07 Å². The second-order valence-corrected chi connectivity index (χ2v) is 5.96. The van der Waals surface area contributed by atoms with Crippen LogP contribution in [0.1, 0.15) is 0 Å². The Morgan fingerprint density at radius 3 is 2.90 bits per heavy atom. The van der Waals surface area contributed by atoms with Crippen molar-refractivity contribution in [3.63, 3.8) is 0 Å². The molecule has 0 amide bonds. The average Bonchev–Trinajstić information content (AvgIpc) is 2.89. The molecule has 0 saturated carbocycles. The van der Waals surface area contributed by atoms with E-state index in [0.717, 1.165) is 5.52 Å². The summed E-state index contributed by atoms with van der Waals surface area (Å²) in [4.78, 5) is 18.8. The Bertz CT molecular complexity index is 792. The molecule has 0 aliphatic carbocycles. The van der Waals surface area contributed by atoms with E-state index in [0.29, 0.717) is 23.0 Å². The van der Waals surface area contributed by atoms with Gasteiger partial charge in [-0.15, -0.1) is 0 Å². The molecule has 1 atom stereocenters. The lowest BCUT2D eigenvalue weighted by Gasteiger charge is -2.03. The van der Waals surface area contributed by atoms with Gasteiger partial charge in [0.2, 0.25) is 0 Å². The van der Waals surface area contributed by atoms with Crippen molar-refractivity contribution in [1.82, 2.24) is 19.5 Å². The number of aromatic nitrogens is 4. The lowest BCUT2D eigenvalue weighted by atomic mass is 10.1. The zero-order chi connectivity index (χ0) is 14.1. The van der Waals surface area contributed by atoms with Crippen molar-refractivity contribution in [1.29, 1.82) is 0 Å². The molecule has 2 aromatic heterocycles. The molecule has 0 aliphatic heterocycles. The summed E-state index contributed by atoms with van der Waals surface area (Å²) >= 11 is 2.19. The number of nitro groups is 1. The Kier molecular flexibility index (Phi) is 3.58. The van der Waals surface area contributed by atoms with Crippen LogP contribution in [-0.4, -0.2) is 24.4 Å². The first-order valence-electron chi connectivity index (χ1n) is 5.50. The highest BCUT2D eigenvalue weighted by Crippen LogP contribution is 2.35. The van der Waals surface area contributed by atoms with Gasteiger partial charge in [0.15, 0.2) is 0 Å². The number of non-ortho nitro benzene ring substituents is 1. The van der Waals surface area contributed by atoms with Crippen molar-refractivity contribution >= 4 is 45.0 Å². The average molecular weight is 399 g/mol. The molecular formula is C11H7IN5O2P. The van der Waals surface area contributed by atoms with Gasteiger partial charge in [-0.05, 0) is 34.2 Å². The van der Waals surface area contributed by atoms with Crippen LogP contribution < -0.4 is 0 Å². The van der Waals surface area contributed by atoms with E-state index < -0.39 is 4.92 Å². The van der Waals surface area contributed by atoms with Crippen LogP contribution in [0.25, 0.3) is 22.2 Å². The minimum atomic E-state index is -0.394. The fourth-order valence-electron chi connectivity index (χ4n) is 1.94. The van der Waals surface area contributed by atoms with Gasteiger partial charge in [-0.1, -0.05) is 0 Å². The maximum Gasteiger partial charge on any atom is 0.281 e. The predicted molar refractivity (Wildman–Crippen MR) is 85.1 cm³/mol. The number of halogens is 1. The molecule has 9 heteroatoms. The summed E-state index contributed by atoms with van der Waals surface area (Å²) in [7, 11) is 0. The summed E-state index contributed by atoms with van der Waals surface area (Å²) < 4.78 is 1.74. The second-order valence-electron chi connectivity index (χ2n) is 3.92. The molecule has 1 unspecified atom stereocenters. The molecule has 20 heavy (non-hydrogen) atoms. The van der Waals surface area contributed by atoms with Gasteiger partial charge in [0.05, 0.1) is 34.1 Å². The number of hydrogen-bond donors (Lipinski definition) is 0. The van der Waals surface area contributed by atoms with Crippen LogP contribution >= 0.6 is 28.4 Å². The van der Waals surface area contributed by atoms with E-state index in [2.05, 4.69) is 37.1 Å². The molecule has 0 fully saturated rings. The van der Waals surface area contributed by atoms with E-state index in [4.69, 9.17) is 0 Å². The predicted octanol–water partition coefficient (Wildman–Crippen LogP) is 3.19. The first-order valence-corrected chi connectivity index (χ1v) is 9.56. The Balaban J connectivity index is 2.31. The smallest absolute Gasteiger partial charge is 0.258 e. The van der Waals surface area contributed by atoms with Crippen molar-refractivity contribution in [3.05, 3.63) is 47.0 Å². The lowest BCUT2D eigenvalue weighted by molar-refractivity contribution is -0.383. The molecule has 0 bridgehead atoms. The molecule has 0 saturated heterocycles. The summed E-state index contributed by atoms with van der Waals surface area (Å²) in [5, 5.41) is 15.9. The van der Waals surface area contributed by atoms with E-state index >= 15 is 0 Å². The summed E-state index contributed by atoms with van der Waals surface area (Å²) in [5.41, 5.74) is 2.11. The van der Waals surface area contributed by atoms with Gasteiger partial charge in [0, 0.05) is 17.8 Å². The SMILES string of the molecule is O=[N+]([O-])c1cc(-c2ccncn2)cc2c1cnn2PI. The van der Waals surface area contributed by atoms with Gasteiger partial charge < -0.3 is 0 Å². The van der Waals surface area contributed by atoms with E-state index in [1.54, 1.807) is 16.7 Å². The van der Waals surface area contributed by atoms with Gasteiger partial charge in [0.1, 0.15) is 6.33 Å². The fourth-order valence-corrected chi connectivity index (χ4v) is 3.47. The maximum absolute atomic E-state index is 11.2. The second kappa shape index (κ2) is 5.37.